The van der Waals surface area contributed by atoms with E-state index in [9.17, 15) is 27.9 Å². The SMILES string of the molecule is CC[N+]1(C(C)CCl)C=C(C(=O)O)C(=O)c2cc(F)c(F)c(F)c21. The van der Waals surface area contributed by atoms with Crippen LogP contribution < -0.4 is 4.48 Å². The number of alkyl halides is 1. The van der Waals surface area contributed by atoms with E-state index in [4.69, 9.17) is 11.6 Å². The first-order valence-electron chi connectivity index (χ1n) is 6.83. The number of Topliss-reactive ketones (excluding diaryl/α,β-unsaturated/α-hetero) is 1. The number of carbonyl (C=O) groups excluding carboxylic acids is 1. The molecule has 1 aliphatic rings. The van der Waals surface area contributed by atoms with Gasteiger partial charge in [0.15, 0.2) is 17.1 Å². The number of carboxylic acid groups (broad SMARTS) is 1. The Kier molecular flexibility index (Phi) is 4.54. The standard InChI is InChI=1S/C15H13ClF3NO3/c1-3-20(7(2)5-16)6-9(15(22)23)14(21)8-4-10(17)11(18)12(19)13(8)20/h4,6-7H,3,5H2,1-2H3/p+1. The summed E-state index contributed by atoms with van der Waals surface area (Å²) in [4.78, 5) is 23.6. The Balaban J connectivity index is 2.94. The molecule has 124 valence electrons. The van der Waals surface area contributed by atoms with Crippen LogP contribution in [0.3, 0.4) is 0 Å². The van der Waals surface area contributed by atoms with Gasteiger partial charge in [-0.25, -0.2) is 13.6 Å². The largest absolute Gasteiger partial charge is 0.477 e. The molecule has 0 spiro atoms. The van der Waals surface area contributed by atoms with Crippen molar-refractivity contribution in [2.45, 2.75) is 19.9 Å². The fraction of sp³-hybridized carbons (Fsp3) is 0.333. The number of benzene rings is 1. The molecule has 0 saturated heterocycles. The van der Waals surface area contributed by atoms with Gasteiger partial charge in [0.2, 0.25) is 17.4 Å². The smallest absolute Gasteiger partial charge is 0.345 e. The molecule has 0 aromatic heterocycles. The lowest BCUT2D eigenvalue weighted by atomic mass is 9.93. The van der Waals surface area contributed by atoms with E-state index < -0.39 is 56.6 Å². The third-order valence-corrected chi connectivity index (χ3v) is 4.61. The van der Waals surface area contributed by atoms with Crippen LogP contribution in [0.4, 0.5) is 18.9 Å². The van der Waals surface area contributed by atoms with Crippen molar-refractivity contribution in [1.82, 2.24) is 4.48 Å². The summed E-state index contributed by atoms with van der Waals surface area (Å²) in [7, 11) is 0. The maximum atomic E-state index is 14.4. The maximum absolute atomic E-state index is 14.4. The van der Waals surface area contributed by atoms with E-state index in [2.05, 4.69) is 0 Å². The average molecular weight is 349 g/mol. The lowest BCUT2D eigenvalue weighted by molar-refractivity contribution is -0.132. The number of hydrogen-bond acceptors (Lipinski definition) is 2. The minimum Gasteiger partial charge on any atom is -0.477 e. The van der Waals surface area contributed by atoms with Gasteiger partial charge in [0, 0.05) is 0 Å². The van der Waals surface area contributed by atoms with Gasteiger partial charge in [-0.15, -0.1) is 11.6 Å². The molecule has 2 rings (SSSR count). The molecule has 1 heterocycles. The molecule has 2 unspecified atom stereocenters. The molecule has 1 aliphatic heterocycles. The van der Waals surface area contributed by atoms with E-state index in [-0.39, 0.29) is 12.4 Å². The van der Waals surface area contributed by atoms with Gasteiger partial charge in [0.05, 0.1) is 18.0 Å². The Hall–Kier alpha value is -1.86. The van der Waals surface area contributed by atoms with E-state index in [0.29, 0.717) is 6.07 Å². The Morgan fingerprint density at radius 3 is 2.43 bits per heavy atom. The van der Waals surface area contributed by atoms with Crippen molar-refractivity contribution in [3.8, 4) is 0 Å². The molecular formula is C15H14ClF3NO3+. The molecule has 0 fully saturated rings. The minimum atomic E-state index is -1.71. The van der Waals surface area contributed by atoms with Crippen LogP contribution in [0.25, 0.3) is 0 Å². The first-order chi connectivity index (χ1) is 10.7. The van der Waals surface area contributed by atoms with Crippen molar-refractivity contribution in [3.05, 3.63) is 40.9 Å². The third kappa shape index (κ3) is 2.44. The number of quaternary nitrogens is 1. The highest BCUT2D eigenvalue weighted by atomic mass is 35.5. The van der Waals surface area contributed by atoms with Crippen LogP contribution >= 0.6 is 11.6 Å². The van der Waals surface area contributed by atoms with Gasteiger partial charge < -0.3 is 5.11 Å². The van der Waals surface area contributed by atoms with Crippen LogP contribution in [0.15, 0.2) is 17.8 Å². The molecule has 0 amide bonds. The number of hydrogen-bond donors (Lipinski definition) is 1. The molecule has 8 heteroatoms. The van der Waals surface area contributed by atoms with Crippen LogP contribution in [-0.2, 0) is 4.79 Å². The average Bonchev–Trinajstić information content (AvgIpc) is 2.52. The van der Waals surface area contributed by atoms with Gasteiger partial charge in [0.25, 0.3) is 0 Å². The number of halogens is 4. The lowest BCUT2D eigenvalue weighted by Crippen LogP contribution is -2.55. The van der Waals surface area contributed by atoms with E-state index in [1.54, 1.807) is 13.8 Å². The van der Waals surface area contributed by atoms with E-state index in [1.165, 1.54) is 0 Å². The van der Waals surface area contributed by atoms with Gasteiger partial charge in [-0.1, -0.05) is 0 Å². The van der Waals surface area contributed by atoms with Crippen molar-refractivity contribution in [3.63, 3.8) is 0 Å². The van der Waals surface area contributed by atoms with Gasteiger partial charge in [0.1, 0.15) is 12.2 Å². The molecule has 0 saturated carbocycles. The summed E-state index contributed by atoms with van der Waals surface area (Å²) in [5.41, 5.74) is -1.52. The van der Waals surface area contributed by atoms with Crippen molar-refractivity contribution in [1.29, 1.82) is 0 Å². The summed E-state index contributed by atoms with van der Waals surface area (Å²) < 4.78 is 41.2. The summed E-state index contributed by atoms with van der Waals surface area (Å²) in [6.45, 7) is 3.32. The highest BCUT2D eigenvalue weighted by Gasteiger charge is 2.47. The zero-order valence-electron chi connectivity index (χ0n) is 12.4. The predicted molar refractivity (Wildman–Crippen MR) is 78.9 cm³/mol. The summed E-state index contributed by atoms with van der Waals surface area (Å²) in [6, 6.07) is -0.0300. The maximum Gasteiger partial charge on any atom is 0.345 e. The summed E-state index contributed by atoms with van der Waals surface area (Å²) in [5, 5.41) is 9.22. The molecule has 1 N–H and O–H groups in total. The quantitative estimate of drug-likeness (QED) is 0.393. The highest BCUT2D eigenvalue weighted by molar-refractivity contribution is 6.26. The number of nitrogens with zero attached hydrogens (tertiary/aromatic N) is 1. The number of carbonyl (C=O) groups is 2. The van der Waals surface area contributed by atoms with Crippen molar-refractivity contribution in [2.24, 2.45) is 0 Å². The Bertz CT molecular complexity index is 735. The fourth-order valence-electron chi connectivity index (χ4n) is 2.85. The van der Waals surface area contributed by atoms with Gasteiger partial charge in [-0.2, -0.15) is 4.39 Å². The molecule has 23 heavy (non-hydrogen) atoms. The van der Waals surface area contributed by atoms with Crippen LogP contribution in [0.2, 0.25) is 0 Å². The number of carboxylic acids is 1. The van der Waals surface area contributed by atoms with Crippen LogP contribution in [-0.4, -0.2) is 35.3 Å². The Morgan fingerprint density at radius 1 is 1.35 bits per heavy atom. The number of rotatable bonds is 4. The normalized spacial score (nSPS) is 21.7. The monoisotopic (exact) mass is 348 g/mol. The summed E-state index contributed by atoms with van der Waals surface area (Å²) in [6.07, 6.45) is 1.06. The molecule has 0 bridgehead atoms. The van der Waals surface area contributed by atoms with Crippen molar-refractivity contribution >= 4 is 29.0 Å². The predicted octanol–water partition coefficient (Wildman–Crippen LogP) is 3.22. The van der Waals surface area contributed by atoms with Gasteiger partial charge in [-0.3, -0.25) is 9.28 Å². The molecule has 0 radical (unpaired) electrons. The molecule has 2 atom stereocenters. The number of aliphatic carboxylic acids is 1. The molecule has 1 aromatic carbocycles. The summed E-state index contributed by atoms with van der Waals surface area (Å²) in [5.74, 6) is -7.36. The lowest BCUT2D eigenvalue weighted by Gasteiger charge is -2.41. The van der Waals surface area contributed by atoms with E-state index in [1.807, 2.05) is 0 Å². The molecule has 4 nitrogen and oxygen atoms in total. The fourth-order valence-corrected chi connectivity index (χ4v) is 3.09. The second-order valence-corrected chi connectivity index (χ2v) is 5.62. The first kappa shape index (κ1) is 17.5. The van der Waals surface area contributed by atoms with Gasteiger partial charge in [-0.05, 0) is 19.9 Å². The van der Waals surface area contributed by atoms with Crippen molar-refractivity contribution < 1.29 is 27.9 Å². The first-order valence-corrected chi connectivity index (χ1v) is 7.37. The second kappa shape index (κ2) is 5.98. The zero-order chi connectivity index (χ0) is 17.5. The second-order valence-electron chi connectivity index (χ2n) is 5.31. The van der Waals surface area contributed by atoms with Crippen LogP contribution in [0.5, 0.6) is 0 Å². The Labute approximate surface area is 135 Å². The number of ketones is 1. The molecule has 1 aromatic rings. The van der Waals surface area contributed by atoms with Crippen LogP contribution in [0.1, 0.15) is 24.2 Å². The van der Waals surface area contributed by atoms with Crippen molar-refractivity contribution in [2.75, 3.05) is 12.4 Å². The highest BCUT2D eigenvalue weighted by Crippen LogP contribution is 2.41. The third-order valence-electron chi connectivity index (χ3n) is 4.17. The van der Waals surface area contributed by atoms with Crippen LogP contribution in [0, 0.1) is 17.5 Å². The number of fused-ring (bicyclic) bond motifs is 1. The summed E-state index contributed by atoms with van der Waals surface area (Å²) >= 11 is 5.84. The molecular weight excluding hydrogens is 335 g/mol. The minimum absolute atomic E-state index is 0.0106. The Morgan fingerprint density at radius 2 is 1.96 bits per heavy atom. The molecule has 0 aliphatic carbocycles. The topological polar surface area (TPSA) is 54.4 Å². The van der Waals surface area contributed by atoms with Gasteiger partial charge >= 0.3 is 5.97 Å². The van der Waals surface area contributed by atoms with E-state index >= 15 is 0 Å². The zero-order valence-corrected chi connectivity index (χ0v) is 13.1. The van der Waals surface area contributed by atoms with E-state index in [0.717, 1.165) is 6.20 Å².